The number of halogens is 2. The van der Waals surface area contributed by atoms with Gasteiger partial charge in [0, 0.05) is 5.69 Å². The van der Waals surface area contributed by atoms with Crippen LogP contribution in [-0.2, 0) is 4.79 Å². The molecule has 1 unspecified atom stereocenters. The fourth-order valence-corrected chi connectivity index (χ4v) is 3.89. The van der Waals surface area contributed by atoms with E-state index in [0.29, 0.717) is 11.2 Å². The van der Waals surface area contributed by atoms with Gasteiger partial charge in [-0.15, -0.1) is 0 Å². The zero-order valence-electron chi connectivity index (χ0n) is 17.1. The minimum atomic E-state index is -0.924. The van der Waals surface area contributed by atoms with Crippen LogP contribution in [0.4, 0.5) is 10.1 Å². The Balaban J connectivity index is 1.93. The summed E-state index contributed by atoms with van der Waals surface area (Å²) in [7, 11) is 0. The lowest BCUT2D eigenvalue weighted by Crippen LogP contribution is -2.43. The van der Waals surface area contributed by atoms with Gasteiger partial charge < -0.3 is 5.32 Å². The van der Waals surface area contributed by atoms with Crippen LogP contribution in [0.1, 0.15) is 19.4 Å². The lowest BCUT2D eigenvalue weighted by molar-refractivity contribution is -0.119. The summed E-state index contributed by atoms with van der Waals surface area (Å²) >= 11 is 6.28. The van der Waals surface area contributed by atoms with Gasteiger partial charge in [0.1, 0.15) is 11.9 Å². The monoisotopic (exact) mass is 451 g/mol. The van der Waals surface area contributed by atoms with Crippen molar-refractivity contribution in [1.29, 1.82) is 0 Å². The number of fused-ring (bicyclic) bond motifs is 1. The third kappa shape index (κ3) is 3.83. The van der Waals surface area contributed by atoms with Crippen LogP contribution in [0, 0.1) is 5.82 Å². The molecular formula is C24H19ClFN3O3. The molecule has 0 fully saturated rings. The average molecular weight is 452 g/mol. The SMILES string of the molecule is CCC(C(=O)Nc1ccc(F)cc1)n1c(=O)n(-c2ccccc2Cl)c(=O)c2ccccc21. The normalized spacial score (nSPS) is 12.0. The summed E-state index contributed by atoms with van der Waals surface area (Å²) in [6.45, 7) is 1.76. The molecule has 8 heteroatoms. The molecule has 0 aliphatic heterocycles. The Hall–Kier alpha value is -3.71. The van der Waals surface area contributed by atoms with Crippen molar-refractivity contribution in [2.24, 2.45) is 0 Å². The number of amides is 1. The first-order chi connectivity index (χ1) is 15.4. The summed E-state index contributed by atoms with van der Waals surface area (Å²) in [6, 6.07) is 17.6. The van der Waals surface area contributed by atoms with E-state index in [1.165, 1.54) is 28.8 Å². The summed E-state index contributed by atoms with van der Waals surface area (Å²) in [5.74, 6) is -0.889. The first kappa shape index (κ1) is 21.5. The fraction of sp³-hybridized carbons (Fsp3) is 0.125. The summed E-state index contributed by atoms with van der Waals surface area (Å²) < 4.78 is 15.5. The molecule has 0 spiro atoms. The van der Waals surface area contributed by atoms with Crippen molar-refractivity contribution in [3.05, 3.63) is 104 Å². The Kier molecular flexibility index (Phi) is 5.92. The van der Waals surface area contributed by atoms with Gasteiger partial charge in [0.25, 0.3) is 5.56 Å². The van der Waals surface area contributed by atoms with Gasteiger partial charge >= 0.3 is 5.69 Å². The standard InChI is InChI=1S/C24H19ClFN3O3/c1-2-19(22(30)27-16-13-11-15(26)12-14-16)28-20-9-5-3-7-17(20)23(31)29(24(28)32)21-10-6-4-8-18(21)25/h3-14,19H,2H2,1H3,(H,27,30). The van der Waals surface area contributed by atoms with Crippen molar-refractivity contribution in [2.45, 2.75) is 19.4 Å². The number of rotatable bonds is 5. The molecule has 1 amide bonds. The predicted octanol–water partition coefficient (Wildman–Crippen LogP) is 4.53. The molecule has 1 aromatic heterocycles. The number of anilines is 1. The highest BCUT2D eigenvalue weighted by Gasteiger charge is 2.25. The number of aromatic nitrogens is 2. The number of hydrogen-bond donors (Lipinski definition) is 1. The molecule has 0 saturated heterocycles. The zero-order valence-corrected chi connectivity index (χ0v) is 17.8. The van der Waals surface area contributed by atoms with E-state index in [0.717, 1.165) is 4.57 Å². The second-order valence-corrected chi connectivity index (χ2v) is 7.59. The molecule has 162 valence electrons. The second-order valence-electron chi connectivity index (χ2n) is 7.18. The number of nitrogens with one attached hydrogen (secondary N) is 1. The third-order valence-electron chi connectivity index (χ3n) is 5.20. The van der Waals surface area contributed by atoms with Crippen molar-refractivity contribution in [2.75, 3.05) is 5.32 Å². The van der Waals surface area contributed by atoms with Crippen molar-refractivity contribution >= 4 is 34.1 Å². The van der Waals surface area contributed by atoms with Crippen LogP contribution >= 0.6 is 11.6 Å². The van der Waals surface area contributed by atoms with E-state index >= 15 is 0 Å². The zero-order chi connectivity index (χ0) is 22.8. The first-order valence-electron chi connectivity index (χ1n) is 10.00. The maximum Gasteiger partial charge on any atom is 0.336 e. The molecule has 4 rings (SSSR count). The van der Waals surface area contributed by atoms with E-state index in [4.69, 9.17) is 11.6 Å². The van der Waals surface area contributed by atoms with Crippen LogP contribution in [0.15, 0.2) is 82.4 Å². The summed E-state index contributed by atoms with van der Waals surface area (Å²) in [5, 5.41) is 3.23. The Bertz CT molecular complexity index is 1430. The van der Waals surface area contributed by atoms with Gasteiger partial charge in [0.2, 0.25) is 5.91 Å². The molecule has 0 aliphatic rings. The molecule has 3 aromatic carbocycles. The largest absolute Gasteiger partial charge is 0.336 e. The maximum absolute atomic E-state index is 13.6. The summed E-state index contributed by atoms with van der Waals surface area (Å²) in [4.78, 5) is 40.0. The first-order valence-corrected chi connectivity index (χ1v) is 10.4. The Morgan fingerprint density at radius 2 is 1.66 bits per heavy atom. The van der Waals surface area contributed by atoms with E-state index in [-0.39, 0.29) is 22.5 Å². The number of carbonyl (C=O) groups excluding carboxylic acids is 1. The van der Waals surface area contributed by atoms with Crippen molar-refractivity contribution in [1.82, 2.24) is 9.13 Å². The van der Waals surface area contributed by atoms with E-state index in [1.54, 1.807) is 55.5 Å². The van der Waals surface area contributed by atoms with E-state index in [9.17, 15) is 18.8 Å². The summed E-state index contributed by atoms with van der Waals surface area (Å²) in [6.07, 6.45) is 0.275. The summed E-state index contributed by atoms with van der Waals surface area (Å²) in [5.41, 5.74) is -0.234. The Morgan fingerprint density at radius 1 is 1.00 bits per heavy atom. The highest BCUT2D eigenvalue weighted by atomic mass is 35.5. The van der Waals surface area contributed by atoms with Crippen molar-refractivity contribution in [3.63, 3.8) is 0 Å². The quantitative estimate of drug-likeness (QED) is 0.484. The topological polar surface area (TPSA) is 73.1 Å². The van der Waals surface area contributed by atoms with E-state index in [2.05, 4.69) is 5.32 Å². The molecule has 32 heavy (non-hydrogen) atoms. The molecule has 0 radical (unpaired) electrons. The second kappa shape index (κ2) is 8.80. The number of nitrogens with zero attached hydrogens (tertiary/aromatic N) is 2. The fourth-order valence-electron chi connectivity index (χ4n) is 3.67. The maximum atomic E-state index is 13.6. The van der Waals surface area contributed by atoms with Gasteiger partial charge in [-0.3, -0.25) is 14.2 Å². The smallest absolute Gasteiger partial charge is 0.324 e. The van der Waals surface area contributed by atoms with Gasteiger partial charge in [-0.2, -0.15) is 0 Å². The molecule has 0 saturated carbocycles. The Morgan fingerprint density at radius 3 is 2.34 bits per heavy atom. The highest BCUT2D eigenvalue weighted by molar-refractivity contribution is 6.32. The van der Waals surface area contributed by atoms with Gasteiger partial charge in [-0.05, 0) is 55.0 Å². The Labute approximate surface area is 187 Å². The molecule has 0 bridgehead atoms. The lowest BCUT2D eigenvalue weighted by atomic mass is 10.1. The molecule has 1 N–H and O–H groups in total. The van der Waals surface area contributed by atoms with Gasteiger partial charge in [0.15, 0.2) is 0 Å². The van der Waals surface area contributed by atoms with Crippen LogP contribution in [0.25, 0.3) is 16.6 Å². The molecule has 0 aliphatic carbocycles. The average Bonchev–Trinajstić information content (AvgIpc) is 2.79. The van der Waals surface area contributed by atoms with Crippen molar-refractivity contribution < 1.29 is 9.18 Å². The number of benzene rings is 3. The van der Waals surface area contributed by atoms with Gasteiger partial charge in [0.05, 0.1) is 21.6 Å². The van der Waals surface area contributed by atoms with Crippen LogP contribution < -0.4 is 16.6 Å². The number of carbonyl (C=O) groups is 1. The molecule has 1 atom stereocenters. The van der Waals surface area contributed by atoms with Gasteiger partial charge in [-0.25, -0.2) is 13.8 Å². The number of para-hydroxylation sites is 2. The minimum Gasteiger partial charge on any atom is -0.324 e. The molecule has 6 nitrogen and oxygen atoms in total. The van der Waals surface area contributed by atoms with Crippen molar-refractivity contribution in [3.8, 4) is 5.69 Å². The molecule has 4 aromatic rings. The van der Waals surface area contributed by atoms with Crippen LogP contribution in [0.5, 0.6) is 0 Å². The third-order valence-corrected chi connectivity index (χ3v) is 5.52. The van der Waals surface area contributed by atoms with E-state index < -0.39 is 29.0 Å². The molecule has 1 heterocycles. The van der Waals surface area contributed by atoms with Crippen LogP contribution in [0.3, 0.4) is 0 Å². The van der Waals surface area contributed by atoms with Gasteiger partial charge in [-0.1, -0.05) is 42.8 Å². The minimum absolute atomic E-state index is 0.234. The van der Waals surface area contributed by atoms with Crippen LogP contribution in [0.2, 0.25) is 5.02 Å². The number of hydrogen-bond acceptors (Lipinski definition) is 3. The predicted molar refractivity (Wildman–Crippen MR) is 123 cm³/mol. The highest BCUT2D eigenvalue weighted by Crippen LogP contribution is 2.22. The van der Waals surface area contributed by atoms with E-state index in [1.807, 2.05) is 0 Å². The molecular weight excluding hydrogens is 433 g/mol. The van der Waals surface area contributed by atoms with Crippen LogP contribution in [-0.4, -0.2) is 15.0 Å². The lowest BCUT2D eigenvalue weighted by Gasteiger charge is -2.22.